The van der Waals surface area contributed by atoms with E-state index in [1.165, 1.54) is 0 Å². The fourth-order valence-electron chi connectivity index (χ4n) is 5.38. The predicted octanol–water partition coefficient (Wildman–Crippen LogP) is 5.99. The molecule has 2 fully saturated rings. The van der Waals surface area contributed by atoms with Gasteiger partial charge in [0.1, 0.15) is 0 Å². The van der Waals surface area contributed by atoms with Gasteiger partial charge in [0, 0.05) is 11.3 Å². The third kappa shape index (κ3) is 2.76. The molecule has 5 heteroatoms. The van der Waals surface area contributed by atoms with Crippen LogP contribution in [0.4, 0.5) is 13.2 Å². The fourth-order valence-corrected chi connectivity index (χ4v) is 5.38. The highest BCUT2D eigenvalue weighted by Crippen LogP contribution is 2.64. The average molecular weight is 348 g/mol. The van der Waals surface area contributed by atoms with E-state index in [0.29, 0.717) is 19.3 Å². The molecule has 3 atom stereocenters. The minimum Gasteiger partial charge on any atom is -0.479 e. The SMILES string of the molecule is CCCC[C@H]1CCC(CC)(C2CCCCC2)[C@](F)(C(=O)O)C1(F)F. The van der Waals surface area contributed by atoms with E-state index in [9.17, 15) is 9.90 Å². The highest BCUT2D eigenvalue weighted by molar-refractivity contribution is 5.80. The fraction of sp³-hybridized carbons (Fsp3) is 0.947. The number of unbranched alkanes of at least 4 members (excludes halogenated alkanes) is 1. The molecule has 0 heterocycles. The molecule has 1 N–H and O–H groups in total. The van der Waals surface area contributed by atoms with Gasteiger partial charge in [-0.1, -0.05) is 46.0 Å². The highest BCUT2D eigenvalue weighted by atomic mass is 19.3. The molecule has 0 aromatic heterocycles. The normalized spacial score (nSPS) is 37.3. The quantitative estimate of drug-likeness (QED) is 0.640. The van der Waals surface area contributed by atoms with Crippen LogP contribution in [0.2, 0.25) is 0 Å². The molecule has 2 nitrogen and oxygen atoms in total. The van der Waals surface area contributed by atoms with Gasteiger partial charge < -0.3 is 5.11 Å². The first-order valence-corrected chi connectivity index (χ1v) is 9.58. The standard InChI is InChI=1S/C19H31F3O2/c1-3-5-9-15-12-13-17(4-2,14-10-7-6-8-11-14)18(20,16(23)24)19(15,21)22/h14-15H,3-13H2,1-2H3,(H,23,24)/t15-,17?,18+/m0/s1. The maximum atomic E-state index is 15.9. The maximum absolute atomic E-state index is 15.9. The molecule has 0 aromatic carbocycles. The molecule has 0 spiro atoms. The number of aliphatic carboxylic acids is 1. The zero-order valence-electron chi connectivity index (χ0n) is 14.9. The van der Waals surface area contributed by atoms with Crippen molar-refractivity contribution in [1.29, 1.82) is 0 Å². The lowest BCUT2D eigenvalue weighted by molar-refractivity contribution is -0.268. The predicted molar refractivity (Wildman–Crippen MR) is 88.0 cm³/mol. The zero-order valence-corrected chi connectivity index (χ0v) is 14.9. The van der Waals surface area contributed by atoms with Crippen LogP contribution in [0.15, 0.2) is 0 Å². The molecular formula is C19H31F3O2. The molecule has 0 saturated heterocycles. The van der Waals surface area contributed by atoms with Gasteiger partial charge in [-0.05, 0) is 44.4 Å². The summed E-state index contributed by atoms with van der Waals surface area (Å²) in [4.78, 5) is 11.9. The van der Waals surface area contributed by atoms with E-state index in [4.69, 9.17) is 0 Å². The highest BCUT2D eigenvalue weighted by Gasteiger charge is 2.76. The van der Waals surface area contributed by atoms with Gasteiger partial charge in [-0.25, -0.2) is 18.0 Å². The molecular weight excluding hydrogens is 317 g/mol. The van der Waals surface area contributed by atoms with E-state index < -0.39 is 28.9 Å². The topological polar surface area (TPSA) is 37.3 Å². The first-order chi connectivity index (χ1) is 11.3. The summed E-state index contributed by atoms with van der Waals surface area (Å²) >= 11 is 0. The van der Waals surface area contributed by atoms with Crippen molar-refractivity contribution in [2.45, 2.75) is 96.1 Å². The second kappa shape index (κ2) is 7.25. The van der Waals surface area contributed by atoms with Gasteiger partial charge in [0.25, 0.3) is 11.6 Å². The van der Waals surface area contributed by atoms with Gasteiger partial charge in [-0.15, -0.1) is 0 Å². The Hall–Kier alpha value is -0.740. The molecule has 0 aliphatic heterocycles. The van der Waals surface area contributed by atoms with Crippen LogP contribution in [-0.4, -0.2) is 22.7 Å². The summed E-state index contributed by atoms with van der Waals surface area (Å²) in [6.07, 6.45) is 6.32. The zero-order chi connectivity index (χ0) is 18.0. The van der Waals surface area contributed by atoms with Crippen LogP contribution in [0.25, 0.3) is 0 Å². The van der Waals surface area contributed by atoms with Crippen molar-refractivity contribution in [3.05, 3.63) is 0 Å². The van der Waals surface area contributed by atoms with E-state index in [0.717, 1.165) is 25.7 Å². The smallest absolute Gasteiger partial charge is 0.348 e. The van der Waals surface area contributed by atoms with Crippen LogP contribution in [0.3, 0.4) is 0 Å². The van der Waals surface area contributed by atoms with Gasteiger partial charge in [0.15, 0.2) is 0 Å². The Labute approximate surface area is 143 Å². The summed E-state index contributed by atoms with van der Waals surface area (Å²) in [6, 6.07) is 0. The monoisotopic (exact) mass is 348 g/mol. The summed E-state index contributed by atoms with van der Waals surface area (Å²) in [7, 11) is 0. The van der Waals surface area contributed by atoms with Gasteiger partial charge >= 0.3 is 5.97 Å². The number of rotatable bonds is 6. The van der Waals surface area contributed by atoms with Gasteiger partial charge in [0.05, 0.1) is 0 Å². The van der Waals surface area contributed by atoms with Crippen LogP contribution in [-0.2, 0) is 4.79 Å². The van der Waals surface area contributed by atoms with Gasteiger partial charge in [-0.2, -0.15) is 0 Å². The van der Waals surface area contributed by atoms with Crippen molar-refractivity contribution in [2.24, 2.45) is 17.3 Å². The molecule has 0 aromatic rings. The molecule has 0 bridgehead atoms. The number of carboxylic acids is 1. The largest absolute Gasteiger partial charge is 0.479 e. The van der Waals surface area contributed by atoms with Crippen LogP contribution in [0, 0.1) is 17.3 Å². The Morgan fingerprint density at radius 2 is 1.71 bits per heavy atom. The Kier molecular flexibility index (Phi) is 5.91. The van der Waals surface area contributed by atoms with E-state index in [1.807, 2.05) is 6.92 Å². The van der Waals surface area contributed by atoms with Crippen molar-refractivity contribution < 1.29 is 23.1 Å². The summed E-state index contributed by atoms with van der Waals surface area (Å²) in [5.74, 6) is -7.18. The second-order valence-corrected chi connectivity index (χ2v) is 7.81. The van der Waals surface area contributed by atoms with Gasteiger partial charge in [0.2, 0.25) is 0 Å². The van der Waals surface area contributed by atoms with Crippen LogP contribution >= 0.6 is 0 Å². The van der Waals surface area contributed by atoms with Crippen molar-refractivity contribution in [2.75, 3.05) is 0 Å². The lowest BCUT2D eigenvalue weighted by atomic mass is 9.50. The minimum atomic E-state index is -3.81. The van der Waals surface area contributed by atoms with E-state index >= 15 is 13.2 Å². The van der Waals surface area contributed by atoms with Crippen molar-refractivity contribution in [3.8, 4) is 0 Å². The van der Waals surface area contributed by atoms with E-state index in [1.54, 1.807) is 6.92 Å². The molecule has 2 aliphatic carbocycles. The third-order valence-corrected chi connectivity index (χ3v) is 6.82. The third-order valence-electron chi connectivity index (χ3n) is 6.82. The molecule has 0 radical (unpaired) electrons. The van der Waals surface area contributed by atoms with Crippen molar-refractivity contribution in [3.63, 3.8) is 0 Å². The average Bonchev–Trinajstić information content (AvgIpc) is 2.57. The molecule has 2 saturated carbocycles. The molecule has 140 valence electrons. The number of alkyl halides is 3. The first-order valence-electron chi connectivity index (χ1n) is 9.58. The van der Waals surface area contributed by atoms with Crippen LogP contribution in [0.1, 0.15) is 84.5 Å². The summed E-state index contributed by atoms with van der Waals surface area (Å²) in [6.45, 7) is 3.59. The molecule has 2 rings (SSSR count). The summed E-state index contributed by atoms with van der Waals surface area (Å²) < 4.78 is 46.3. The first kappa shape index (κ1) is 19.6. The van der Waals surface area contributed by atoms with E-state index in [-0.39, 0.29) is 31.6 Å². The lowest BCUT2D eigenvalue weighted by Gasteiger charge is -2.56. The van der Waals surface area contributed by atoms with Crippen LogP contribution < -0.4 is 0 Å². The molecule has 2 aliphatic rings. The molecule has 1 unspecified atom stereocenters. The minimum absolute atomic E-state index is 0.163. The van der Waals surface area contributed by atoms with Crippen molar-refractivity contribution in [1.82, 2.24) is 0 Å². The number of hydrogen-bond donors (Lipinski definition) is 1. The number of carbonyl (C=O) groups is 1. The molecule has 0 amide bonds. The number of halogens is 3. The Balaban J connectivity index is 2.46. The van der Waals surface area contributed by atoms with E-state index in [2.05, 4.69) is 0 Å². The van der Waals surface area contributed by atoms with Crippen molar-refractivity contribution >= 4 is 5.97 Å². The Bertz CT molecular complexity index is 448. The number of hydrogen-bond acceptors (Lipinski definition) is 1. The second-order valence-electron chi connectivity index (χ2n) is 7.81. The Morgan fingerprint density at radius 3 is 2.21 bits per heavy atom. The maximum Gasteiger partial charge on any atom is 0.348 e. The summed E-state index contributed by atoms with van der Waals surface area (Å²) in [5, 5.41) is 9.62. The summed E-state index contributed by atoms with van der Waals surface area (Å²) in [5.41, 5.74) is -4.89. The van der Waals surface area contributed by atoms with Crippen LogP contribution in [0.5, 0.6) is 0 Å². The van der Waals surface area contributed by atoms with Gasteiger partial charge in [-0.3, -0.25) is 0 Å². The lowest BCUT2D eigenvalue weighted by Crippen LogP contribution is -2.69. The Morgan fingerprint density at radius 1 is 1.08 bits per heavy atom. The molecule has 24 heavy (non-hydrogen) atoms. The number of carboxylic acid groups (broad SMARTS) is 1.